The third-order valence-electron chi connectivity index (χ3n) is 1.66. The molecule has 0 saturated carbocycles. The van der Waals surface area contributed by atoms with E-state index >= 15 is 0 Å². The fourth-order valence-electron chi connectivity index (χ4n) is 0.796. The summed E-state index contributed by atoms with van der Waals surface area (Å²) in [6, 6.07) is 1.36. The van der Waals surface area contributed by atoms with Crippen LogP contribution >= 0.6 is 0 Å². The van der Waals surface area contributed by atoms with E-state index in [0.717, 1.165) is 7.11 Å². The number of ether oxygens (including phenoxy) is 3. The van der Waals surface area contributed by atoms with Gasteiger partial charge in [0.1, 0.15) is 6.42 Å². The number of aliphatic hydroxyl groups excluding tert-OH is 1. The van der Waals surface area contributed by atoms with Gasteiger partial charge in [-0.25, -0.2) is 4.79 Å². The lowest BCUT2D eigenvalue weighted by molar-refractivity contribution is -0.185. The summed E-state index contributed by atoms with van der Waals surface area (Å²) in [7, 11) is 1.00. The molecule has 0 aromatic heterocycles. The van der Waals surface area contributed by atoms with Crippen molar-refractivity contribution in [2.24, 2.45) is 5.73 Å². The van der Waals surface area contributed by atoms with Gasteiger partial charge in [0, 0.05) is 7.11 Å². The second kappa shape index (κ2) is 15.0. The molecule has 0 aliphatic carbocycles. The molecule has 0 aromatic carbocycles. The van der Waals surface area contributed by atoms with Crippen LogP contribution in [0, 0.1) is 11.3 Å². The summed E-state index contributed by atoms with van der Waals surface area (Å²) in [6.45, 7) is -5.26. The van der Waals surface area contributed by atoms with Crippen molar-refractivity contribution in [3.63, 3.8) is 0 Å². The third kappa shape index (κ3) is 29.8. The molecule has 0 saturated heterocycles. The molecule has 0 aliphatic heterocycles. The minimum atomic E-state index is -4.73. The van der Waals surface area contributed by atoms with Crippen molar-refractivity contribution in [1.29, 1.82) is 5.26 Å². The highest BCUT2D eigenvalue weighted by Gasteiger charge is 2.30. The first kappa shape index (κ1) is 31.8. The van der Waals surface area contributed by atoms with E-state index in [1.54, 1.807) is 0 Å². The topological polar surface area (TPSA) is 132 Å². The predicted octanol–water partition coefficient (Wildman–Crippen LogP) is 2.08. The van der Waals surface area contributed by atoms with Crippen LogP contribution in [0.3, 0.4) is 0 Å². The zero-order valence-corrected chi connectivity index (χ0v) is 14.8. The molecular formula is C13H15F9N2O6. The van der Waals surface area contributed by atoms with Crippen molar-refractivity contribution in [3.05, 3.63) is 12.0 Å². The lowest BCUT2D eigenvalue weighted by Crippen LogP contribution is -2.22. The van der Waals surface area contributed by atoms with Crippen LogP contribution in [0.25, 0.3) is 0 Å². The number of carbonyl (C=O) groups excluding carboxylic acids is 2. The number of halogens is 9. The van der Waals surface area contributed by atoms with Gasteiger partial charge in [0.25, 0.3) is 0 Å². The Kier molecular flexibility index (Phi) is 15.9. The van der Waals surface area contributed by atoms with Crippen LogP contribution in [0.5, 0.6) is 0 Å². The van der Waals surface area contributed by atoms with Crippen LogP contribution in [-0.2, 0) is 23.8 Å². The summed E-state index contributed by atoms with van der Waals surface area (Å²) in [6.07, 6.45) is -14.4. The van der Waals surface area contributed by atoms with Crippen molar-refractivity contribution >= 4 is 11.9 Å². The van der Waals surface area contributed by atoms with Crippen molar-refractivity contribution < 1.29 is 68.4 Å². The fraction of sp³-hybridized carbons (Fsp3) is 0.615. The molecule has 0 unspecified atom stereocenters. The Morgan fingerprint density at radius 3 is 1.60 bits per heavy atom. The van der Waals surface area contributed by atoms with E-state index in [0.29, 0.717) is 0 Å². The van der Waals surface area contributed by atoms with Crippen LogP contribution in [0.2, 0.25) is 0 Å². The highest BCUT2D eigenvalue weighted by molar-refractivity contribution is 5.82. The quantitative estimate of drug-likeness (QED) is 0.263. The summed E-state index contributed by atoms with van der Waals surface area (Å²) in [5.41, 5.74) is 4.78. The molecular weight excluding hydrogens is 451 g/mol. The van der Waals surface area contributed by atoms with Gasteiger partial charge in [0.05, 0.1) is 12.1 Å². The van der Waals surface area contributed by atoms with Gasteiger partial charge in [0.15, 0.2) is 25.7 Å². The molecule has 0 aromatic rings. The summed E-state index contributed by atoms with van der Waals surface area (Å²) < 4.78 is 114. The van der Waals surface area contributed by atoms with E-state index in [2.05, 4.69) is 14.2 Å². The Bertz CT molecular complexity index is 580. The molecule has 30 heavy (non-hydrogen) atoms. The van der Waals surface area contributed by atoms with Crippen LogP contribution < -0.4 is 5.73 Å². The van der Waals surface area contributed by atoms with E-state index in [1.165, 1.54) is 6.07 Å². The van der Waals surface area contributed by atoms with Gasteiger partial charge >= 0.3 is 30.5 Å². The number of aliphatic hydroxyl groups is 1. The zero-order valence-electron chi connectivity index (χ0n) is 14.8. The SMILES string of the molecule is CO.N#CCC(=O)OCC(F)(F)F.N/C(=C\C(=O)OCC(F)(F)F)OCC(F)(F)F. The number of carbonyl (C=O) groups is 2. The van der Waals surface area contributed by atoms with E-state index in [-0.39, 0.29) is 6.08 Å². The van der Waals surface area contributed by atoms with E-state index in [9.17, 15) is 49.1 Å². The molecule has 0 heterocycles. The van der Waals surface area contributed by atoms with Crippen molar-refractivity contribution in [1.82, 2.24) is 0 Å². The van der Waals surface area contributed by atoms with Gasteiger partial charge in [-0.2, -0.15) is 44.8 Å². The standard InChI is InChI=1S/C7H7F6NO3.C5H4F3NO2.CH4O/c8-6(9,10)2-16-4(14)1-5(15)17-3-7(11,12)13;6-5(7,8)3-11-4(10)1-2-9;1-2/h1H,2-3,14H2;1,3H2;2H,1H3/b4-1+;;. The van der Waals surface area contributed by atoms with Gasteiger partial charge in [-0.15, -0.1) is 0 Å². The molecule has 0 radical (unpaired) electrons. The molecule has 176 valence electrons. The van der Waals surface area contributed by atoms with Crippen molar-refractivity contribution in [2.45, 2.75) is 24.9 Å². The number of esters is 2. The molecule has 0 spiro atoms. The summed E-state index contributed by atoms with van der Waals surface area (Å²) in [5.74, 6) is -3.71. The van der Waals surface area contributed by atoms with Crippen molar-refractivity contribution in [3.8, 4) is 6.07 Å². The van der Waals surface area contributed by atoms with Crippen LogP contribution in [0.4, 0.5) is 39.5 Å². The Morgan fingerprint density at radius 2 is 1.23 bits per heavy atom. The summed E-state index contributed by atoms with van der Waals surface area (Å²) >= 11 is 0. The lowest BCUT2D eigenvalue weighted by atomic mass is 10.5. The Balaban J connectivity index is -0.000000484. The molecule has 0 fully saturated rings. The molecule has 8 nitrogen and oxygen atoms in total. The first-order valence-electron chi connectivity index (χ1n) is 6.89. The first-order valence-corrected chi connectivity index (χ1v) is 6.89. The lowest BCUT2D eigenvalue weighted by Gasteiger charge is -2.09. The molecule has 0 aliphatic rings. The maximum atomic E-state index is 11.6. The Labute approximate surface area is 162 Å². The summed E-state index contributed by atoms with van der Waals surface area (Å²) in [4.78, 5) is 20.7. The van der Waals surface area contributed by atoms with Crippen LogP contribution in [0.1, 0.15) is 6.42 Å². The monoisotopic (exact) mass is 466 g/mol. The Hall–Kier alpha value is -2.90. The number of hydrogen-bond acceptors (Lipinski definition) is 8. The number of alkyl halides is 9. The maximum absolute atomic E-state index is 11.6. The predicted molar refractivity (Wildman–Crippen MR) is 76.7 cm³/mol. The number of rotatable bonds is 6. The highest BCUT2D eigenvalue weighted by Crippen LogP contribution is 2.16. The fourth-order valence-corrected chi connectivity index (χ4v) is 0.796. The second-order valence-corrected chi connectivity index (χ2v) is 4.28. The largest absolute Gasteiger partial charge is 0.470 e. The van der Waals surface area contributed by atoms with Gasteiger partial charge in [-0.1, -0.05) is 0 Å². The minimum absolute atomic E-state index is 0.178. The van der Waals surface area contributed by atoms with E-state index in [4.69, 9.17) is 16.1 Å². The molecule has 0 bridgehead atoms. The van der Waals surface area contributed by atoms with E-state index in [1.807, 2.05) is 0 Å². The number of nitriles is 1. The smallest absolute Gasteiger partial charge is 0.422 e. The Morgan fingerprint density at radius 1 is 0.867 bits per heavy atom. The molecule has 17 heteroatoms. The number of nitrogens with two attached hydrogens (primary N) is 1. The van der Waals surface area contributed by atoms with E-state index < -0.39 is 62.6 Å². The normalized spacial score (nSPS) is 11.6. The minimum Gasteiger partial charge on any atom is -0.470 e. The number of nitrogens with zero attached hydrogens (tertiary/aromatic N) is 1. The average Bonchev–Trinajstić information content (AvgIpc) is 2.57. The van der Waals surface area contributed by atoms with Crippen molar-refractivity contribution in [2.75, 3.05) is 26.9 Å². The highest BCUT2D eigenvalue weighted by atomic mass is 19.4. The maximum Gasteiger partial charge on any atom is 0.422 e. The molecule has 3 N–H and O–H groups in total. The van der Waals surface area contributed by atoms with Gasteiger partial charge < -0.3 is 25.1 Å². The zero-order chi connectivity index (χ0) is 24.6. The first-order chi connectivity index (χ1) is 13.4. The number of hydrogen-bond donors (Lipinski definition) is 2. The van der Waals surface area contributed by atoms with Crippen LogP contribution in [-0.4, -0.2) is 62.5 Å². The molecule has 0 atom stereocenters. The second-order valence-electron chi connectivity index (χ2n) is 4.28. The summed E-state index contributed by atoms with van der Waals surface area (Å²) in [5, 5.41) is 14.8. The molecule has 0 rings (SSSR count). The molecule has 0 amide bonds. The van der Waals surface area contributed by atoms with Crippen LogP contribution in [0.15, 0.2) is 12.0 Å². The average molecular weight is 466 g/mol. The van der Waals surface area contributed by atoms with Gasteiger partial charge in [-0.05, 0) is 0 Å². The third-order valence-corrected chi connectivity index (χ3v) is 1.66. The van der Waals surface area contributed by atoms with Gasteiger partial charge in [-0.3, -0.25) is 4.79 Å². The van der Waals surface area contributed by atoms with Gasteiger partial charge in [0.2, 0.25) is 0 Å².